The summed E-state index contributed by atoms with van der Waals surface area (Å²) < 4.78 is 33.7. The minimum Gasteiger partial charge on any atom is -0.322 e. The minimum atomic E-state index is -4.54. The summed E-state index contributed by atoms with van der Waals surface area (Å²) in [4.78, 5) is 24.4. The van der Waals surface area contributed by atoms with Gasteiger partial charge in [-0.2, -0.15) is 8.42 Å². The van der Waals surface area contributed by atoms with Crippen molar-refractivity contribution in [3.63, 3.8) is 0 Å². The Kier molecular flexibility index (Phi) is 6.91. The Labute approximate surface area is 202 Å². The Balaban J connectivity index is 1.56. The van der Waals surface area contributed by atoms with E-state index >= 15 is 0 Å². The maximum Gasteiger partial charge on any atom is 0.323 e. The van der Waals surface area contributed by atoms with Crippen LogP contribution in [0.4, 0.5) is 21.9 Å². The number of para-hydroxylation sites is 1. The van der Waals surface area contributed by atoms with Crippen molar-refractivity contribution in [2.24, 2.45) is 0 Å². The zero-order valence-electron chi connectivity index (χ0n) is 18.3. The first-order valence-electron chi connectivity index (χ1n) is 10.5. The number of hydrogen-bond acceptors (Lipinski definition) is 4. The second kappa shape index (κ2) is 10.2. The molecule has 176 valence electrons. The summed E-state index contributed by atoms with van der Waals surface area (Å²) in [6, 6.07) is 27.6. The summed E-state index contributed by atoms with van der Waals surface area (Å²) in [6.07, 6.45) is 0. The average Bonchev–Trinajstić information content (AvgIpc) is 2.85. The smallest absolute Gasteiger partial charge is 0.322 e. The van der Waals surface area contributed by atoms with Gasteiger partial charge in [-0.3, -0.25) is 9.35 Å². The lowest BCUT2D eigenvalue weighted by molar-refractivity contribution is 0.102. The van der Waals surface area contributed by atoms with Gasteiger partial charge >= 0.3 is 6.03 Å². The van der Waals surface area contributed by atoms with Gasteiger partial charge in [0.25, 0.3) is 16.0 Å². The molecule has 9 heteroatoms. The second-order valence-electron chi connectivity index (χ2n) is 7.53. The van der Waals surface area contributed by atoms with Crippen LogP contribution >= 0.6 is 0 Å². The fourth-order valence-corrected chi connectivity index (χ4v) is 4.09. The Hall–Kier alpha value is -4.47. The van der Waals surface area contributed by atoms with Gasteiger partial charge < -0.3 is 16.0 Å². The molecule has 0 aliphatic rings. The van der Waals surface area contributed by atoms with Gasteiger partial charge in [-0.15, -0.1) is 0 Å². The van der Waals surface area contributed by atoms with E-state index in [1.165, 1.54) is 18.2 Å². The second-order valence-corrected chi connectivity index (χ2v) is 8.92. The number of carbonyl (C=O) groups excluding carboxylic acids is 2. The molecule has 35 heavy (non-hydrogen) atoms. The standard InChI is InChI=1S/C26H21N3O5S/c30-25(19-7-3-1-4-8-19)27-22-15-16-24(35(32,33)34)23(17-22)18-11-13-21(14-12-18)29-26(31)28-20-9-5-2-6-10-20/h1-17H,(H,27,30)(H2,28,29,31)(H,32,33,34). The Morgan fingerprint density at radius 2 is 1.17 bits per heavy atom. The number of carbonyl (C=O) groups is 2. The van der Waals surface area contributed by atoms with Crippen LogP contribution in [-0.2, 0) is 10.1 Å². The van der Waals surface area contributed by atoms with Crippen molar-refractivity contribution in [2.75, 3.05) is 16.0 Å². The van der Waals surface area contributed by atoms with Gasteiger partial charge in [-0.05, 0) is 60.2 Å². The molecule has 4 aromatic carbocycles. The topological polar surface area (TPSA) is 125 Å². The summed E-state index contributed by atoms with van der Waals surface area (Å²) in [5.74, 6) is -0.361. The summed E-state index contributed by atoms with van der Waals surface area (Å²) in [6.45, 7) is 0. The van der Waals surface area contributed by atoms with E-state index in [-0.39, 0.29) is 16.4 Å². The zero-order valence-corrected chi connectivity index (χ0v) is 19.1. The highest BCUT2D eigenvalue weighted by Gasteiger charge is 2.18. The largest absolute Gasteiger partial charge is 0.323 e. The molecule has 0 fully saturated rings. The Bertz CT molecular complexity index is 1460. The molecule has 0 bridgehead atoms. The maximum atomic E-state index is 12.5. The molecular formula is C26H21N3O5S. The molecule has 0 aliphatic heterocycles. The molecule has 0 saturated carbocycles. The maximum absolute atomic E-state index is 12.5. The minimum absolute atomic E-state index is 0.193. The lowest BCUT2D eigenvalue weighted by atomic mass is 10.0. The van der Waals surface area contributed by atoms with Gasteiger partial charge in [0.2, 0.25) is 0 Å². The molecule has 0 aliphatic carbocycles. The first kappa shape index (κ1) is 23.7. The van der Waals surface area contributed by atoms with Crippen LogP contribution in [0, 0.1) is 0 Å². The van der Waals surface area contributed by atoms with E-state index in [0.29, 0.717) is 28.2 Å². The summed E-state index contributed by atoms with van der Waals surface area (Å²) >= 11 is 0. The first-order valence-corrected chi connectivity index (χ1v) is 11.9. The third-order valence-electron chi connectivity index (χ3n) is 5.04. The van der Waals surface area contributed by atoms with Crippen molar-refractivity contribution < 1.29 is 22.6 Å². The van der Waals surface area contributed by atoms with Crippen LogP contribution in [0.15, 0.2) is 108 Å². The van der Waals surface area contributed by atoms with E-state index in [1.54, 1.807) is 78.9 Å². The molecular weight excluding hydrogens is 466 g/mol. The normalized spacial score (nSPS) is 10.9. The molecule has 0 radical (unpaired) electrons. The quantitative estimate of drug-likeness (QED) is 0.268. The molecule has 4 aromatic rings. The third-order valence-corrected chi connectivity index (χ3v) is 5.95. The number of benzene rings is 4. The lowest BCUT2D eigenvalue weighted by Crippen LogP contribution is -2.19. The van der Waals surface area contributed by atoms with Crippen molar-refractivity contribution in [1.29, 1.82) is 0 Å². The predicted molar refractivity (Wildman–Crippen MR) is 135 cm³/mol. The fourth-order valence-electron chi connectivity index (χ4n) is 3.40. The number of nitrogens with one attached hydrogen (secondary N) is 3. The third kappa shape index (κ3) is 6.11. The van der Waals surface area contributed by atoms with Gasteiger partial charge in [0.15, 0.2) is 0 Å². The molecule has 0 spiro atoms. The molecule has 3 amide bonds. The summed E-state index contributed by atoms with van der Waals surface area (Å²) in [5.41, 5.74) is 2.56. The van der Waals surface area contributed by atoms with Crippen molar-refractivity contribution in [3.8, 4) is 11.1 Å². The molecule has 0 atom stereocenters. The van der Waals surface area contributed by atoms with Crippen LogP contribution in [-0.4, -0.2) is 24.9 Å². The number of rotatable bonds is 6. The number of hydrogen-bond donors (Lipinski definition) is 4. The molecule has 0 aromatic heterocycles. The molecule has 8 nitrogen and oxygen atoms in total. The lowest BCUT2D eigenvalue weighted by Gasteiger charge is -2.13. The van der Waals surface area contributed by atoms with E-state index in [2.05, 4.69) is 16.0 Å². The van der Waals surface area contributed by atoms with E-state index in [4.69, 9.17) is 0 Å². The van der Waals surface area contributed by atoms with Gasteiger partial charge in [0.1, 0.15) is 4.90 Å². The van der Waals surface area contributed by atoms with E-state index < -0.39 is 16.1 Å². The monoisotopic (exact) mass is 487 g/mol. The Morgan fingerprint density at radius 3 is 1.77 bits per heavy atom. The van der Waals surface area contributed by atoms with Crippen molar-refractivity contribution >= 4 is 39.1 Å². The van der Waals surface area contributed by atoms with E-state index in [9.17, 15) is 22.6 Å². The van der Waals surface area contributed by atoms with Gasteiger partial charge in [0.05, 0.1) is 0 Å². The molecule has 0 heterocycles. The zero-order chi connectivity index (χ0) is 24.8. The van der Waals surface area contributed by atoms with Crippen LogP contribution in [0.25, 0.3) is 11.1 Å². The average molecular weight is 488 g/mol. The molecule has 4 rings (SSSR count). The Morgan fingerprint density at radius 1 is 0.629 bits per heavy atom. The van der Waals surface area contributed by atoms with Crippen LogP contribution in [0.2, 0.25) is 0 Å². The van der Waals surface area contributed by atoms with Crippen LogP contribution in [0.5, 0.6) is 0 Å². The number of anilines is 3. The SMILES string of the molecule is O=C(Nc1ccccc1)Nc1ccc(-c2cc(NC(=O)c3ccccc3)ccc2S(=O)(=O)O)cc1. The summed E-state index contributed by atoms with van der Waals surface area (Å²) in [7, 11) is -4.54. The molecule has 0 saturated heterocycles. The predicted octanol–water partition coefficient (Wildman–Crippen LogP) is 5.50. The summed E-state index contributed by atoms with van der Waals surface area (Å²) in [5, 5.41) is 8.12. The van der Waals surface area contributed by atoms with Gasteiger partial charge in [0, 0.05) is 28.2 Å². The van der Waals surface area contributed by atoms with Crippen LogP contribution in [0.1, 0.15) is 10.4 Å². The van der Waals surface area contributed by atoms with Gasteiger partial charge in [-0.1, -0.05) is 48.5 Å². The van der Waals surface area contributed by atoms with Crippen LogP contribution in [0.3, 0.4) is 0 Å². The highest BCUT2D eigenvalue weighted by atomic mass is 32.2. The highest BCUT2D eigenvalue weighted by molar-refractivity contribution is 7.86. The molecule has 4 N–H and O–H groups in total. The number of urea groups is 1. The first-order chi connectivity index (χ1) is 16.8. The van der Waals surface area contributed by atoms with Crippen molar-refractivity contribution in [1.82, 2.24) is 0 Å². The molecule has 0 unspecified atom stereocenters. The highest BCUT2D eigenvalue weighted by Crippen LogP contribution is 2.31. The van der Waals surface area contributed by atoms with E-state index in [1.807, 2.05) is 6.07 Å². The van der Waals surface area contributed by atoms with Crippen molar-refractivity contribution in [2.45, 2.75) is 4.90 Å². The fraction of sp³-hybridized carbons (Fsp3) is 0. The van der Waals surface area contributed by atoms with Crippen LogP contribution < -0.4 is 16.0 Å². The van der Waals surface area contributed by atoms with Gasteiger partial charge in [-0.25, -0.2) is 4.79 Å². The number of amides is 3. The van der Waals surface area contributed by atoms with Crippen molar-refractivity contribution in [3.05, 3.63) is 109 Å². The van der Waals surface area contributed by atoms with E-state index in [0.717, 1.165) is 0 Å².